The minimum absolute atomic E-state index is 0.0578. The number of amides is 1. The lowest BCUT2D eigenvalue weighted by atomic mass is 9.96. The number of imidazole rings is 1. The van der Waals surface area contributed by atoms with Crippen LogP contribution in [0.1, 0.15) is 74.8 Å². The Labute approximate surface area is 224 Å². The van der Waals surface area contributed by atoms with Crippen molar-refractivity contribution in [2.45, 2.75) is 65.3 Å². The van der Waals surface area contributed by atoms with E-state index in [4.69, 9.17) is 14.5 Å². The molecule has 0 saturated carbocycles. The molecule has 3 rings (SSSR count). The number of nitriles is 1. The molecule has 38 heavy (non-hydrogen) atoms. The molecule has 0 bridgehead atoms. The van der Waals surface area contributed by atoms with Crippen molar-refractivity contribution in [2.75, 3.05) is 13.2 Å². The van der Waals surface area contributed by atoms with Crippen molar-refractivity contribution in [1.29, 1.82) is 5.26 Å². The van der Waals surface area contributed by atoms with Gasteiger partial charge in [-0.15, -0.1) is 0 Å². The number of hydrogen-bond donors (Lipinski definition) is 2. The maximum absolute atomic E-state index is 12.6. The number of aromatic amines is 1. The average molecular weight is 517 g/mol. The van der Waals surface area contributed by atoms with E-state index in [-0.39, 0.29) is 35.1 Å². The Morgan fingerprint density at radius 1 is 1.13 bits per heavy atom. The van der Waals surface area contributed by atoms with E-state index in [2.05, 4.69) is 37.1 Å². The third-order valence-corrected chi connectivity index (χ3v) is 5.92. The van der Waals surface area contributed by atoms with Crippen LogP contribution < -0.4 is 10.1 Å². The Kier molecular flexibility index (Phi) is 9.66. The normalized spacial score (nSPS) is 11.9. The van der Waals surface area contributed by atoms with Crippen LogP contribution in [-0.4, -0.2) is 41.1 Å². The van der Waals surface area contributed by atoms with Crippen molar-refractivity contribution in [3.05, 3.63) is 71.2 Å². The molecule has 0 unspecified atom stereocenters. The molecular weight excluding hydrogens is 480 g/mol. The molecule has 0 radical (unpaired) electrons. The fourth-order valence-corrected chi connectivity index (χ4v) is 3.92. The number of rotatable bonds is 11. The first-order valence-corrected chi connectivity index (χ1v) is 12.9. The predicted octanol–water partition coefficient (Wildman–Crippen LogP) is 5.33. The Hall–Kier alpha value is -4.12. The Bertz CT molecular complexity index is 1280. The number of benzene rings is 2. The summed E-state index contributed by atoms with van der Waals surface area (Å²) in [5.41, 5.74) is 3.45. The van der Waals surface area contributed by atoms with Crippen molar-refractivity contribution in [3.8, 4) is 23.1 Å². The lowest BCUT2D eigenvalue weighted by Crippen LogP contribution is -2.36. The van der Waals surface area contributed by atoms with E-state index in [0.29, 0.717) is 25.2 Å². The van der Waals surface area contributed by atoms with Gasteiger partial charge in [-0.1, -0.05) is 52.0 Å². The van der Waals surface area contributed by atoms with Gasteiger partial charge >= 0.3 is 5.97 Å². The second kappa shape index (κ2) is 12.9. The highest BCUT2D eigenvalue weighted by Gasteiger charge is 2.19. The lowest BCUT2D eigenvalue weighted by molar-refractivity contribution is -0.119. The van der Waals surface area contributed by atoms with Crippen LogP contribution in [0.2, 0.25) is 0 Å². The summed E-state index contributed by atoms with van der Waals surface area (Å²) in [4.78, 5) is 32.3. The van der Waals surface area contributed by atoms with Gasteiger partial charge in [-0.05, 0) is 36.6 Å². The molecule has 1 heterocycles. The Morgan fingerprint density at radius 3 is 2.47 bits per heavy atom. The topological polar surface area (TPSA) is 117 Å². The smallest absolute Gasteiger partial charge is 0.338 e. The molecule has 2 N–H and O–H groups in total. The van der Waals surface area contributed by atoms with E-state index in [9.17, 15) is 14.9 Å². The standard InChI is InChI=1S/C30H36N4O4/c1-6-14-37-27-12-11-23(17-24(27)18-31)28(36)38-15-13-25(33-20(2)35)16-21-7-9-22(10-8-21)26-19-32-29(34-26)30(3,4)5/h7-12,17,19,25H,6,13-16H2,1-5H3,(H,32,34)(H,33,35)/t25-/m0/s1. The summed E-state index contributed by atoms with van der Waals surface area (Å²) in [5.74, 6) is 0.708. The van der Waals surface area contributed by atoms with Crippen molar-refractivity contribution < 1.29 is 19.1 Å². The predicted molar refractivity (Wildman–Crippen MR) is 146 cm³/mol. The van der Waals surface area contributed by atoms with Crippen LogP contribution in [0, 0.1) is 11.3 Å². The van der Waals surface area contributed by atoms with Crippen LogP contribution in [0.15, 0.2) is 48.7 Å². The quantitative estimate of drug-likeness (QED) is 0.333. The molecule has 1 aromatic heterocycles. The van der Waals surface area contributed by atoms with Gasteiger partial charge in [0, 0.05) is 36.6 Å². The molecule has 1 atom stereocenters. The summed E-state index contributed by atoms with van der Waals surface area (Å²) < 4.78 is 11.0. The zero-order chi connectivity index (χ0) is 27.7. The number of H-pyrrole nitrogens is 1. The van der Waals surface area contributed by atoms with Crippen LogP contribution in [0.5, 0.6) is 5.75 Å². The molecule has 8 nitrogen and oxygen atoms in total. The minimum atomic E-state index is -0.525. The fraction of sp³-hybridized carbons (Fsp3) is 0.400. The Balaban J connectivity index is 1.59. The summed E-state index contributed by atoms with van der Waals surface area (Å²) in [5, 5.41) is 12.3. The number of carbonyl (C=O) groups is 2. The summed E-state index contributed by atoms with van der Waals surface area (Å²) >= 11 is 0. The molecule has 1 amide bonds. The minimum Gasteiger partial charge on any atom is -0.492 e. The highest BCUT2D eigenvalue weighted by molar-refractivity contribution is 5.90. The number of ether oxygens (including phenoxy) is 2. The molecule has 0 aliphatic heterocycles. The molecule has 0 spiro atoms. The molecule has 0 aliphatic rings. The van der Waals surface area contributed by atoms with Gasteiger partial charge in [0.25, 0.3) is 0 Å². The van der Waals surface area contributed by atoms with E-state index in [1.165, 1.54) is 13.0 Å². The number of nitrogens with one attached hydrogen (secondary N) is 2. The van der Waals surface area contributed by atoms with Crippen molar-refractivity contribution in [1.82, 2.24) is 15.3 Å². The molecule has 8 heteroatoms. The van der Waals surface area contributed by atoms with Crippen LogP contribution in [0.3, 0.4) is 0 Å². The first kappa shape index (κ1) is 28.5. The van der Waals surface area contributed by atoms with E-state index in [1.807, 2.05) is 37.4 Å². The van der Waals surface area contributed by atoms with Crippen LogP contribution in [0.4, 0.5) is 0 Å². The highest BCUT2D eigenvalue weighted by Crippen LogP contribution is 2.24. The summed E-state index contributed by atoms with van der Waals surface area (Å²) in [6.07, 6.45) is 3.77. The van der Waals surface area contributed by atoms with Crippen LogP contribution in [-0.2, 0) is 21.4 Å². The third-order valence-electron chi connectivity index (χ3n) is 5.92. The second-order valence-electron chi connectivity index (χ2n) is 10.3. The first-order chi connectivity index (χ1) is 18.1. The van der Waals surface area contributed by atoms with Crippen LogP contribution in [0.25, 0.3) is 11.3 Å². The molecule has 200 valence electrons. The molecular formula is C30H36N4O4. The summed E-state index contributed by atoms with van der Waals surface area (Å²) in [6.45, 7) is 10.4. The first-order valence-electron chi connectivity index (χ1n) is 12.9. The van der Waals surface area contributed by atoms with Gasteiger partial charge in [0.05, 0.1) is 30.0 Å². The summed E-state index contributed by atoms with van der Waals surface area (Å²) in [7, 11) is 0. The number of esters is 1. The third kappa shape index (κ3) is 7.94. The van der Waals surface area contributed by atoms with Crippen molar-refractivity contribution >= 4 is 11.9 Å². The molecule has 0 aliphatic carbocycles. The van der Waals surface area contributed by atoms with Gasteiger partial charge in [-0.3, -0.25) is 4.79 Å². The maximum atomic E-state index is 12.6. The monoisotopic (exact) mass is 516 g/mol. The zero-order valence-corrected chi connectivity index (χ0v) is 22.8. The molecule has 3 aromatic rings. The van der Waals surface area contributed by atoms with Gasteiger partial charge < -0.3 is 19.8 Å². The van der Waals surface area contributed by atoms with Crippen LogP contribution >= 0.6 is 0 Å². The number of aromatic nitrogens is 2. The van der Waals surface area contributed by atoms with Gasteiger partial charge in [-0.25, -0.2) is 9.78 Å². The van der Waals surface area contributed by atoms with E-state index in [1.54, 1.807) is 12.1 Å². The van der Waals surface area contributed by atoms with Gasteiger partial charge in [0.15, 0.2) is 0 Å². The fourth-order valence-electron chi connectivity index (χ4n) is 3.92. The van der Waals surface area contributed by atoms with E-state index >= 15 is 0 Å². The number of nitrogens with zero attached hydrogens (tertiary/aromatic N) is 2. The zero-order valence-electron chi connectivity index (χ0n) is 22.8. The van der Waals surface area contributed by atoms with Crippen molar-refractivity contribution in [2.24, 2.45) is 0 Å². The average Bonchev–Trinajstić information content (AvgIpc) is 3.38. The number of carbonyl (C=O) groups excluding carboxylic acids is 2. The van der Waals surface area contributed by atoms with Crippen molar-refractivity contribution in [3.63, 3.8) is 0 Å². The SMILES string of the molecule is CCCOc1ccc(C(=O)OCC[C@@H](Cc2ccc(-c3c[nH]c(C(C)(C)C)n3)cc2)NC(C)=O)cc1C#N. The Morgan fingerprint density at radius 2 is 1.87 bits per heavy atom. The van der Waals surface area contributed by atoms with Gasteiger partial charge in [-0.2, -0.15) is 5.26 Å². The molecule has 0 saturated heterocycles. The maximum Gasteiger partial charge on any atom is 0.338 e. The van der Waals surface area contributed by atoms with Gasteiger partial charge in [0.1, 0.15) is 17.6 Å². The lowest BCUT2D eigenvalue weighted by Gasteiger charge is -2.18. The van der Waals surface area contributed by atoms with E-state index < -0.39 is 5.97 Å². The van der Waals surface area contributed by atoms with Gasteiger partial charge in [0.2, 0.25) is 5.91 Å². The van der Waals surface area contributed by atoms with E-state index in [0.717, 1.165) is 29.1 Å². The second-order valence-corrected chi connectivity index (χ2v) is 10.3. The summed E-state index contributed by atoms with van der Waals surface area (Å²) in [6, 6.07) is 14.6. The highest BCUT2D eigenvalue weighted by atomic mass is 16.5. The number of hydrogen-bond acceptors (Lipinski definition) is 6. The molecule has 0 fully saturated rings. The molecule has 2 aromatic carbocycles. The largest absolute Gasteiger partial charge is 0.492 e.